The van der Waals surface area contributed by atoms with E-state index in [-0.39, 0.29) is 0 Å². The first-order chi connectivity index (χ1) is 11.8. The molecule has 1 fully saturated rings. The number of rotatable bonds is 5. The third kappa shape index (κ3) is 4.12. The predicted octanol–water partition coefficient (Wildman–Crippen LogP) is 3.94. The Hall–Kier alpha value is -2.38. The number of likely N-dealkylation sites (tertiary alicyclic amines) is 1. The molecule has 4 heteroatoms. The number of nitrogens with one attached hydrogen (secondary N) is 1. The lowest BCUT2D eigenvalue weighted by Crippen LogP contribution is -2.37. The van der Waals surface area contributed by atoms with Crippen LogP contribution in [0.5, 0.6) is 0 Å². The molecule has 1 N–H and O–H groups in total. The summed E-state index contributed by atoms with van der Waals surface area (Å²) in [6.45, 7) is 5.29. The maximum Gasteiger partial charge on any atom is 0.126 e. The van der Waals surface area contributed by atoms with Crippen LogP contribution in [0.1, 0.15) is 42.9 Å². The molecule has 0 saturated carbocycles. The lowest BCUT2D eigenvalue weighted by molar-refractivity contribution is 0.152. The number of aromatic nitrogens is 1. The molecule has 0 amide bonds. The van der Waals surface area contributed by atoms with E-state index in [9.17, 15) is 0 Å². The summed E-state index contributed by atoms with van der Waals surface area (Å²) in [4.78, 5) is 6.86. The third-order valence-electron chi connectivity index (χ3n) is 4.78. The summed E-state index contributed by atoms with van der Waals surface area (Å²) in [5.74, 6) is 0.801. The summed E-state index contributed by atoms with van der Waals surface area (Å²) < 4.78 is 0. The van der Waals surface area contributed by atoms with Crippen LogP contribution >= 0.6 is 0 Å². The van der Waals surface area contributed by atoms with Crippen molar-refractivity contribution >= 4 is 5.82 Å². The van der Waals surface area contributed by atoms with E-state index < -0.39 is 0 Å². The Morgan fingerprint density at radius 3 is 2.75 bits per heavy atom. The van der Waals surface area contributed by atoms with E-state index in [0.717, 1.165) is 18.9 Å². The second-order valence-corrected chi connectivity index (χ2v) is 6.48. The second-order valence-electron chi connectivity index (χ2n) is 6.48. The fraction of sp³-hybridized carbons (Fsp3) is 0.400. The van der Waals surface area contributed by atoms with Gasteiger partial charge >= 0.3 is 0 Å². The maximum absolute atomic E-state index is 8.83. The summed E-state index contributed by atoms with van der Waals surface area (Å²) in [7, 11) is 0. The molecule has 2 heterocycles. The molecule has 1 aromatic heterocycles. The molecular formula is C20H24N4. The Morgan fingerprint density at radius 2 is 2.04 bits per heavy atom. The topological polar surface area (TPSA) is 52.0 Å². The van der Waals surface area contributed by atoms with E-state index in [4.69, 9.17) is 5.26 Å². The van der Waals surface area contributed by atoms with E-state index in [1.54, 1.807) is 12.3 Å². The summed E-state index contributed by atoms with van der Waals surface area (Å²) in [5.41, 5.74) is 3.27. The van der Waals surface area contributed by atoms with Gasteiger partial charge < -0.3 is 5.32 Å². The molecule has 0 bridgehead atoms. The SMILES string of the molecule is C[C@H]1CCCCN1Cc1ccccc1CNc1ccc(C#N)cn1. The number of hydrogen-bond acceptors (Lipinski definition) is 4. The molecule has 1 aliphatic rings. The number of pyridine rings is 1. The molecule has 1 saturated heterocycles. The molecule has 24 heavy (non-hydrogen) atoms. The van der Waals surface area contributed by atoms with E-state index in [0.29, 0.717) is 11.6 Å². The molecule has 1 aromatic carbocycles. The zero-order valence-electron chi connectivity index (χ0n) is 14.2. The monoisotopic (exact) mass is 320 g/mol. The Labute approximate surface area is 144 Å². The fourth-order valence-electron chi connectivity index (χ4n) is 3.25. The first kappa shape index (κ1) is 16.5. The second kappa shape index (κ2) is 7.94. The van der Waals surface area contributed by atoms with Gasteiger partial charge in [-0.3, -0.25) is 4.90 Å². The molecule has 0 spiro atoms. The predicted molar refractivity (Wildman–Crippen MR) is 96.4 cm³/mol. The van der Waals surface area contributed by atoms with Crippen molar-refractivity contribution < 1.29 is 0 Å². The summed E-state index contributed by atoms with van der Waals surface area (Å²) >= 11 is 0. The Morgan fingerprint density at radius 1 is 1.21 bits per heavy atom. The molecule has 124 valence electrons. The quantitative estimate of drug-likeness (QED) is 0.906. The smallest absolute Gasteiger partial charge is 0.126 e. The van der Waals surface area contributed by atoms with Gasteiger partial charge in [0, 0.05) is 25.3 Å². The van der Waals surface area contributed by atoms with Crippen LogP contribution in [0.3, 0.4) is 0 Å². The summed E-state index contributed by atoms with van der Waals surface area (Å²) in [5, 5.41) is 12.2. The van der Waals surface area contributed by atoms with Gasteiger partial charge in [-0.2, -0.15) is 5.26 Å². The zero-order valence-corrected chi connectivity index (χ0v) is 14.2. The van der Waals surface area contributed by atoms with Gasteiger partial charge in [-0.15, -0.1) is 0 Å². The highest BCUT2D eigenvalue weighted by Gasteiger charge is 2.19. The van der Waals surface area contributed by atoms with Crippen molar-refractivity contribution in [1.29, 1.82) is 5.26 Å². The van der Waals surface area contributed by atoms with Gasteiger partial charge in [-0.25, -0.2) is 4.98 Å². The molecular weight excluding hydrogens is 296 g/mol. The van der Waals surface area contributed by atoms with Crippen molar-refractivity contribution in [2.75, 3.05) is 11.9 Å². The third-order valence-corrected chi connectivity index (χ3v) is 4.78. The highest BCUT2D eigenvalue weighted by atomic mass is 15.2. The van der Waals surface area contributed by atoms with Crippen LogP contribution in [0.25, 0.3) is 0 Å². The number of anilines is 1. The molecule has 2 aromatic rings. The number of nitriles is 1. The van der Waals surface area contributed by atoms with Gasteiger partial charge in [0.05, 0.1) is 5.56 Å². The summed E-state index contributed by atoms with van der Waals surface area (Å²) in [6, 6.07) is 15.0. The molecule has 0 aliphatic carbocycles. The molecule has 4 nitrogen and oxygen atoms in total. The lowest BCUT2D eigenvalue weighted by Gasteiger charge is -2.33. The van der Waals surface area contributed by atoms with Gasteiger partial charge in [-0.1, -0.05) is 30.7 Å². The normalized spacial score (nSPS) is 18.1. The van der Waals surface area contributed by atoms with Crippen molar-refractivity contribution in [2.45, 2.75) is 45.3 Å². The number of nitrogens with zero attached hydrogens (tertiary/aromatic N) is 3. The minimum Gasteiger partial charge on any atom is -0.366 e. The Bertz CT molecular complexity index is 702. The molecule has 3 rings (SSSR count). The number of hydrogen-bond donors (Lipinski definition) is 1. The van der Waals surface area contributed by atoms with E-state index in [2.05, 4.69) is 52.5 Å². The van der Waals surface area contributed by atoms with E-state index in [1.807, 2.05) is 6.07 Å². The van der Waals surface area contributed by atoms with Gasteiger partial charge in [0.1, 0.15) is 11.9 Å². The van der Waals surface area contributed by atoms with Gasteiger partial charge in [0.25, 0.3) is 0 Å². The van der Waals surface area contributed by atoms with Crippen molar-refractivity contribution in [3.8, 4) is 6.07 Å². The zero-order chi connectivity index (χ0) is 16.8. The van der Waals surface area contributed by atoms with Crippen molar-refractivity contribution in [3.05, 3.63) is 59.3 Å². The highest BCUT2D eigenvalue weighted by molar-refractivity contribution is 5.40. The molecule has 0 radical (unpaired) electrons. The van der Waals surface area contributed by atoms with Crippen molar-refractivity contribution in [1.82, 2.24) is 9.88 Å². The van der Waals surface area contributed by atoms with Crippen molar-refractivity contribution in [3.63, 3.8) is 0 Å². The molecule has 1 aliphatic heterocycles. The number of piperidine rings is 1. The van der Waals surface area contributed by atoms with Crippen LogP contribution in [0.15, 0.2) is 42.6 Å². The minimum atomic E-state index is 0.583. The average Bonchev–Trinajstić information content (AvgIpc) is 2.63. The lowest BCUT2D eigenvalue weighted by atomic mass is 10.0. The van der Waals surface area contributed by atoms with Crippen molar-refractivity contribution in [2.24, 2.45) is 0 Å². The van der Waals surface area contributed by atoms with Crippen LogP contribution < -0.4 is 5.32 Å². The first-order valence-corrected chi connectivity index (χ1v) is 8.67. The van der Waals surface area contributed by atoms with Gasteiger partial charge in [0.2, 0.25) is 0 Å². The Balaban J connectivity index is 1.66. The van der Waals surface area contributed by atoms with Crippen LogP contribution in [0.4, 0.5) is 5.82 Å². The van der Waals surface area contributed by atoms with Gasteiger partial charge in [-0.05, 0) is 49.6 Å². The van der Waals surface area contributed by atoms with Crippen LogP contribution in [-0.2, 0) is 13.1 Å². The van der Waals surface area contributed by atoms with Crippen LogP contribution in [0.2, 0.25) is 0 Å². The maximum atomic E-state index is 8.83. The fourth-order valence-corrected chi connectivity index (χ4v) is 3.25. The molecule has 0 unspecified atom stereocenters. The first-order valence-electron chi connectivity index (χ1n) is 8.67. The van der Waals surface area contributed by atoms with Crippen LogP contribution in [-0.4, -0.2) is 22.5 Å². The minimum absolute atomic E-state index is 0.583. The van der Waals surface area contributed by atoms with Gasteiger partial charge in [0.15, 0.2) is 0 Å². The van der Waals surface area contributed by atoms with E-state index >= 15 is 0 Å². The Kier molecular flexibility index (Phi) is 5.45. The van der Waals surface area contributed by atoms with E-state index in [1.165, 1.54) is 36.9 Å². The summed E-state index contributed by atoms with van der Waals surface area (Å²) in [6.07, 6.45) is 5.56. The molecule has 1 atom stereocenters. The number of benzene rings is 1. The standard InChI is InChI=1S/C20H24N4/c1-16-6-4-5-11-24(16)15-19-8-3-2-7-18(19)14-23-20-10-9-17(12-21)13-22-20/h2-3,7-10,13,16H,4-6,11,14-15H2,1H3,(H,22,23)/t16-/m0/s1. The highest BCUT2D eigenvalue weighted by Crippen LogP contribution is 2.21. The average molecular weight is 320 g/mol. The van der Waals surface area contributed by atoms with Crippen LogP contribution in [0, 0.1) is 11.3 Å². The largest absolute Gasteiger partial charge is 0.366 e.